The summed E-state index contributed by atoms with van der Waals surface area (Å²) in [5.74, 6) is 0.431. The van der Waals surface area contributed by atoms with Crippen molar-refractivity contribution < 1.29 is 8.42 Å². The van der Waals surface area contributed by atoms with Crippen LogP contribution in [0.4, 0.5) is 5.13 Å². The van der Waals surface area contributed by atoms with Crippen LogP contribution >= 0.6 is 11.3 Å². The number of sulfonamides is 1. The van der Waals surface area contributed by atoms with Gasteiger partial charge in [-0.3, -0.25) is 0 Å². The molecule has 0 unspecified atom stereocenters. The minimum Gasteiger partial charge on any atom is -0.348 e. The van der Waals surface area contributed by atoms with E-state index in [-0.39, 0.29) is 11.7 Å². The third-order valence-electron chi connectivity index (χ3n) is 3.90. The molecule has 2 rings (SSSR count). The normalized spacial score (nSPS) is 17.1. The standard InChI is InChI=1S/C15H27N3O2S2/c1-3-6-13(2)12-22(19,20)16-8-7-14-11-21-15(17-14)18-9-4-5-10-18/h11,13,16H,3-10,12H2,1-2H3/t13-/m1/s1. The van der Waals surface area contributed by atoms with Crippen LogP contribution in [0.15, 0.2) is 5.38 Å². The molecule has 0 radical (unpaired) electrons. The maximum absolute atomic E-state index is 12.0. The average Bonchev–Trinajstić information content (AvgIpc) is 3.08. The van der Waals surface area contributed by atoms with Crippen LogP contribution in [-0.4, -0.2) is 38.8 Å². The molecule has 0 saturated carbocycles. The Balaban J connectivity index is 1.76. The zero-order valence-corrected chi connectivity index (χ0v) is 15.2. The van der Waals surface area contributed by atoms with Gasteiger partial charge in [0.05, 0.1) is 11.4 Å². The first-order chi connectivity index (χ1) is 10.5. The van der Waals surface area contributed by atoms with Crippen LogP contribution in [0, 0.1) is 5.92 Å². The van der Waals surface area contributed by atoms with Crippen LogP contribution in [0.1, 0.15) is 45.2 Å². The number of hydrogen-bond donors (Lipinski definition) is 1. The molecule has 0 amide bonds. The summed E-state index contributed by atoms with van der Waals surface area (Å²) in [7, 11) is -3.17. The molecule has 126 valence electrons. The minimum atomic E-state index is -3.17. The molecule has 1 fully saturated rings. The Morgan fingerprint density at radius 3 is 2.82 bits per heavy atom. The van der Waals surface area contributed by atoms with Crippen molar-refractivity contribution in [3.05, 3.63) is 11.1 Å². The molecule has 1 aliphatic heterocycles. The average molecular weight is 346 g/mol. The molecule has 1 aliphatic rings. The highest BCUT2D eigenvalue weighted by Gasteiger charge is 2.17. The van der Waals surface area contributed by atoms with Crippen molar-refractivity contribution in [2.75, 3.05) is 30.3 Å². The van der Waals surface area contributed by atoms with E-state index in [4.69, 9.17) is 0 Å². The highest BCUT2D eigenvalue weighted by molar-refractivity contribution is 7.89. The number of anilines is 1. The fourth-order valence-electron chi connectivity index (χ4n) is 2.81. The van der Waals surface area contributed by atoms with Gasteiger partial charge in [0.1, 0.15) is 0 Å². The fraction of sp³-hybridized carbons (Fsp3) is 0.800. The van der Waals surface area contributed by atoms with Crippen molar-refractivity contribution in [3.63, 3.8) is 0 Å². The van der Waals surface area contributed by atoms with Crippen molar-refractivity contribution in [1.29, 1.82) is 0 Å². The highest BCUT2D eigenvalue weighted by atomic mass is 32.2. The summed E-state index contributed by atoms with van der Waals surface area (Å²) >= 11 is 1.66. The van der Waals surface area contributed by atoms with Crippen LogP contribution < -0.4 is 9.62 Å². The van der Waals surface area contributed by atoms with E-state index < -0.39 is 10.0 Å². The van der Waals surface area contributed by atoms with Crippen molar-refractivity contribution in [1.82, 2.24) is 9.71 Å². The SMILES string of the molecule is CCC[C@@H](C)CS(=O)(=O)NCCc1csc(N2CCCC2)n1. The summed E-state index contributed by atoms with van der Waals surface area (Å²) < 4.78 is 26.7. The van der Waals surface area contributed by atoms with Gasteiger partial charge in [0.2, 0.25) is 10.0 Å². The number of hydrogen-bond acceptors (Lipinski definition) is 5. The van der Waals surface area contributed by atoms with Gasteiger partial charge < -0.3 is 4.90 Å². The maximum atomic E-state index is 12.0. The van der Waals surface area contributed by atoms with Crippen LogP contribution in [0.3, 0.4) is 0 Å². The number of thiazole rings is 1. The predicted octanol–water partition coefficient (Wildman–Crippen LogP) is 2.64. The third kappa shape index (κ3) is 5.52. The van der Waals surface area contributed by atoms with Gasteiger partial charge in [0.15, 0.2) is 5.13 Å². The van der Waals surface area contributed by atoms with E-state index in [1.54, 1.807) is 11.3 Å². The molecule has 1 aromatic rings. The summed E-state index contributed by atoms with van der Waals surface area (Å²) in [6.07, 6.45) is 5.11. The molecule has 2 heterocycles. The smallest absolute Gasteiger partial charge is 0.211 e. The zero-order valence-electron chi connectivity index (χ0n) is 13.5. The van der Waals surface area contributed by atoms with Gasteiger partial charge in [0, 0.05) is 31.4 Å². The molecule has 1 aromatic heterocycles. The quantitative estimate of drug-likeness (QED) is 0.747. The molecule has 0 aliphatic carbocycles. The molecule has 0 spiro atoms. The second kappa shape index (κ2) is 8.26. The summed E-state index contributed by atoms with van der Waals surface area (Å²) in [4.78, 5) is 6.92. The van der Waals surface area contributed by atoms with Crippen LogP contribution in [0.5, 0.6) is 0 Å². The van der Waals surface area contributed by atoms with Gasteiger partial charge in [-0.05, 0) is 25.2 Å². The molecule has 5 nitrogen and oxygen atoms in total. The Morgan fingerprint density at radius 2 is 2.14 bits per heavy atom. The van der Waals surface area contributed by atoms with Crippen molar-refractivity contribution >= 4 is 26.5 Å². The highest BCUT2D eigenvalue weighted by Crippen LogP contribution is 2.24. The second-order valence-electron chi connectivity index (χ2n) is 6.14. The van der Waals surface area contributed by atoms with Crippen LogP contribution in [0.2, 0.25) is 0 Å². The Hall–Kier alpha value is -0.660. The predicted molar refractivity (Wildman–Crippen MR) is 93.1 cm³/mol. The number of nitrogens with one attached hydrogen (secondary N) is 1. The molecule has 0 aromatic carbocycles. The van der Waals surface area contributed by atoms with Crippen LogP contribution in [0.25, 0.3) is 0 Å². The molecule has 0 bridgehead atoms. The topological polar surface area (TPSA) is 62.3 Å². The first kappa shape index (κ1) is 17.7. The Labute approximate surface area is 138 Å². The summed E-state index contributed by atoms with van der Waals surface area (Å²) in [5, 5.41) is 3.12. The lowest BCUT2D eigenvalue weighted by atomic mass is 10.1. The molecule has 1 saturated heterocycles. The lowest BCUT2D eigenvalue weighted by Crippen LogP contribution is -2.30. The molecular formula is C15H27N3O2S2. The van der Waals surface area contributed by atoms with E-state index in [0.29, 0.717) is 13.0 Å². The maximum Gasteiger partial charge on any atom is 0.211 e. The molecule has 1 N–H and O–H groups in total. The largest absolute Gasteiger partial charge is 0.348 e. The molecular weight excluding hydrogens is 318 g/mol. The Morgan fingerprint density at radius 1 is 1.41 bits per heavy atom. The lowest BCUT2D eigenvalue weighted by molar-refractivity contribution is 0.536. The molecule has 22 heavy (non-hydrogen) atoms. The third-order valence-corrected chi connectivity index (χ3v) is 6.51. The lowest BCUT2D eigenvalue weighted by Gasteiger charge is -2.12. The van der Waals surface area contributed by atoms with E-state index in [2.05, 4.69) is 21.5 Å². The molecule has 1 atom stereocenters. The number of rotatable bonds is 9. The van der Waals surface area contributed by atoms with E-state index >= 15 is 0 Å². The minimum absolute atomic E-state index is 0.212. The van der Waals surface area contributed by atoms with Crippen LogP contribution in [-0.2, 0) is 16.4 Å². The van der Waals surface area contributed by atoms with E-state index in [1.807, 2.05) is 12.3 Å². The van der Waals surface area contributed by atoms with Gasteiger partial charge in [-0.15, -0.1) is 11.3 Å². The zero-order chi connectivity index (χ0) is 16.0. The number of aromatic nitrogens is 1. The van der Waals surface area contributed by atoms with E-state index in [9.17, 15) is 8.42 Å². The van der Waals surface area contributed by atoms with Gasteiger partial charge in [0.25, 0.3) is 0 Å². The van der Waals surface area contributed by atoms with Gasteiger partial charge in [-0.25, -0.2) is 18.1 Å². The second-order valence-corrected chi connectivity index (χ2v) is 8.82. The Bertz CT molecular complexity index is 551. The van der Waals surface area contributed by atoms with Crippen molar-refractivity contribution in [2.24, 2.45) is 5.92 Å². The summed E-state index contributed by atoms with van der Waals surface area (Å²) in [6, 6.07) is 0. The first-order valence-corrected chi connectivity index (χ1v) is 10.7. The summed E-state index contributed by atoms with van der Waals surface area (Å²) in [5.41, 5.74) is 0.983. The first-order valence-electron chi connectivity index (χ1n) is 8.17. The van der Waals surface area contributed by atoms with Gasteiger partial charge in [-0.2, -0.15) is 0 Å². The molecule has 7 heteroatoms. The van der Waals surface area contributed by atoms with Crippen molar-refractivity contribution in [3.8, 4) is 0 Å². The summed E-state index contributed by atoms with van der Waals surface area (Å²) in [6.45, 7) is 6.69. The monoisotopic (exact) mass is 345 g/mol. The van der Waals surface area contributed by atoms with Gasteiger partial charge >= 0.3 is 0 Å². The number of nitrogens with zero attached hydrogens (tertiary/aromatic N) is 2. The van der Waals surface area contributed by atoms with Gasteiger partial charge in [-0.1, -0.05) is 20.3 Å². The van der Waals surface area contributed by atoms with E-state index in [0.717, 1.165) is 36.8 Å². The fourth-order valence-corrected chi connectivity index (χ4v) is 5.17. The van der Waals surface area contributed by atoms with E-state index in [1.165, 1.54) is 12.8 Å². The van der Waals surface area contributed by atoms with Crippen molar-refractivity contribution in [2.45, 2.75) is 46.0 Å². The Kier molecular flexibility index (Phi) is 6.65.